The van der Waals surface area contributed by atoms with Gasteiger partial charge >= 0.3 is 0 Å². The van der Waals surface area contributed by atoms with Crippen molar-refractivity contribution in [3.05, 3.63) is 0 Å². The zero-order valence-corrected chi connectivity index (χ0v) is 10.9. The molecule has 1 amide bonds. The topological polar surface area (TPSA) is 46.2 Å². The van der Waals surface area contributed by atoms with Crippen molar-refractivity contribution in [3.63, 3.8) is 0 Å². The number of rotatable bonds is 7. The predicted molar refractivity (Wildman–Crippen MR) is 65.1 cm³/mol. The maximum Gasteiger partial charge on any atom is 0.227 e. The van der Waals surface area contributed by atoms with Crippen molar-refractivity contribution in [2.75, 3.05) is 12.8 Å². The van der Waals surface area contributed by atoms with E-state index in [1.807, 2.05) is 0 Å². The van der Waals surface area contributed by atoms with E-state index < -0.39 is 0 Å². The Bertz CT molecular complexity index is 216. The van der Waals surface area contributed by atoms with Crippen LogP contribution in [0.3, 0.4) is 0 Å². The lowest BCUT2D eigenvalue weighted by Crippen LogP contribution is -2.40. The fourth-order valence-electron chi connectivity index (χ4n) is 1.41. The maximum atomic E-state index is 11.3. The minimum Gasteiger partial charge on any atom is -0.354 e. The van der Waals surface area contributed by atoms with Gasteiger partial charge in [0.1, 0.15) is 5.78 Å². The van der Waals surface area contributed by atoms with Crippen molar-refractivity contribution in [3.8, 4) is 0 Å². The molecular formula is C11H21NO2S. The van der Waals surface area contributed by atoms with Gasteiger partial charge in [0.05, 0.1) is 6.42 Å². The molecule has 0 aromatic carbocycles. The Morgan fingerprint density at radius 2 is 1.80 bits per heavy atom. The van der Waals surface area contributed by atoms with Gasteiger partial charge in [0.15, 0.2) is 0 Å². The molecular weight excluding hydrogens is 210 g/mol. The third-order valence-electron chi connectivity index (χ3n) is 2.74. The van der Waals surface area contributed by atoms with Crippen LogP contribution in [0, 0.1) is 0 Å². The van der Waals surface area contributed by atoms with Gasteiger partial charge in [-0.3, -0.25) is 9.59 Å². The second-order valence-electron chi connectivity index (χ2n) is 3.75. The van der Waals surface area contributed by atoms with E-state index in [4.69, 9.17) is 0 Å². The number of nitrogens with one attached hydrogen (secondary N) is 1. The Hall–Kier alpha value is -0.510. The number of carbonyl (C=O) groups is 2. The first kappa shape index (κ1) is 14.5. The molecule has 0 atom stereocenters. The van der Waals surface area contributed by atoms with E-state index in [1.165, 1.54) is 6.92 Å². The molecule has 3 nitrogen and oxygen atoms in total. The van der Waals surface area contributed by atoms with Crippen LogP contribution in [0.25, 0.3) is 0 Å². The number of ketones is 1. The summed E-state index contributed by atoms with van der Waals surface area (Å²) in [6, 6.07) is 0. The van der Waals surface area contributed by atoms with E-state index in [-0.39, 0.29) is 22.9 Å². The third kappa shape index (κ3) is 5.21. The number of hydrogen-bond acceptors (Lipinski definition) is 3. The molecule has 1 N–H and O–H groups in total. The Morgan fingerprint density at radius 3 is 2.13 bits per heavy atom. The predicted octanol–water partition coefficient (Wildman–Crippen LogP) is 2.00. The zero-order chi connectivity index (χ0) is 11.9. The first-order chi connectivity index (χ1) is 6.99. The average Bonchev–Trinajstić information content (AvgIpc) is 2.20. The molecule has 0 aliphatic rings. The summed E-state index contributed by atoms with van der Waals surface area (Å²) in [4.78, 5) is 22.0. The molecule has 0 heterocycles. The summed E-state index contributed by atoms with van der Waals surface area (Å²) in [5.74, 6) is -0.252. The molecule has 15 heavy (non-hydrogen) atoms. The van der Waals surface area contributed by atoms with Crippen LogP contribution in [-0.4, -0.2) is 29.2 Å². The zero-order valence-electron chi connectivity index (χ0n) is 10.1. The molecule has 0 radical (unpaired) electrons. The molecule has 0 bridgehead atoms. The molecule has 0 aromatic rings. The summed E-state index contributed by atoms with van der Waals surface area (Å²) in [6.45, 7) is 6.32. The van der Waals surface area contributed by atoms with Crippen LogP contribution in [0.15, 0.2) is 0 Å². The van der Waals surface area contributed by atoms with Crippen LogP contribution in [0.1, 0.15) is 40.0 Å². The van der Waals surface area contributed by atoms with Crippen molar-refractivity contribution < 1.29 is 9.59 Å². The Morgan fingerprint density at radius 1 is 1.27 bits per heavy atom. The summed E-state index contributed by atoms with van der Waals surface area (Å²) in [5.41, 5.74) is 0. The standard InChI is InChI=1S/C11H21NO2S/c1-5-11(6-2,15-4)8-12-10(14)7-9(3)13/h5-8H2,1-4H3,(H,12,14). The first-order valence-corrected chi connectivity index (χ1v) is 6.53. The summed E-state index contributed by atoms with van der Waals surface area (Å²) >= 11 is 1.78. The van der Waals surface area contributed by atoms with Crippen molar-refractivity contribution >= 4 is 23.5 Å². The maximum absolute atomic E-state index is 11.3. The second-order valence-corrected chi connectivity index (χ2v) is 5.02. The van der Waals surface area contributed by atoms with Crippen molar-refractivity contribution in [2.45, 2.75) is 44.8 Å². The highest BCUT2D eigenvalue weighted by atomic mass is 32.2. The lowest BCUT2D eigenvalue weighted by molar-refractivity contribution is -0.127. The second kappa shape index (κ2) is 6.88. The smallest absolute Gasteiger partial charge is 0.227 e. The van der Waals surface area contributed by atoms with Gasteiger partial charge < -0.3 is 5.32 Å². The van der Waals surface area contributed by atoms with Crippen LogP contribution in [0.2, 0.25) is 0 Å². The largest absolute Gasteiger partial charge is 0.354 e. The monoisotopic (exact) mass is 231 g/mol. The van der Waals surface area contributed by atoms with Crippen molar-refractivity contribution in [1.29, 1.82) is 0 Å². The molecule has 0 fully saturated rings. The Balaban J connectivity index is 4.10. The van der Waals surface area contributed by atoms with E-state index in [0.29, 0.717) is 6.54 Å². The van der Waals surface area contributed by atoms with Gasteiger partial charge in [-0.1, -0.05) is 13.8 Å². The van der Waals surface area contributed by atoms with Crippen LogP contribution in [0.4, 0.5) is 0 Å². The van der Waals surface area contributed by atoms with E-state index in [2.05, 4.69) is 25.4 Å². The summed E-state index contributed by atoms with van der Waals surface area (Å²) in [6.07, 6.45) is 4.10. The Kier molecular flexibility index (Phi) is 6.65. The van der Waals surface area contributed by atoms with Crippen molar-refractivity contribution in [1.82, 2.24) is 5.32 Å². The van der Waals surface area contributed by atoms with Gasteiger partial charge in [0.2, 0.25) is 5.91 Å². The molecule has 0 saturated carbocycles. The van der Waals surface area contributed by atoms with E-state index in [1.54, 1.807) is 11.8 Å². The lowest BCUT2D eigenvalue weighted by atomic mass is 10.0. The summed E-state index contributed by atoms with van der Waals surface area (Å²) in [5, 5.41) is 2.83. The van der Waals surface area contributed by atoms with Gasteiger partial charge in [0.25, 0.3) is 0 Å². The molecule has 0 aliphatic carbocycles. The van der Waals surface area contributed by atoms with Gasteiger partial charge in [-0.15, -0.1) is 0 Å². The SMILES string of the molecule is CCC(CC)(CNC(=O)CC(C)=O)SC. The van der Waals surface area contributed by atoms with Gasteiger partial charge in [-0.05, 0) is 26.0 Å². The van der Waals surface area contributed by atoms with E-state index >= 15 is 0 Å². The fraction of sp³-hybridized carbons (Fsp3) is 0.818. The fourth-order valence-corrected chi connectivity index (χ4v) is 2.20. The molecule has 0 spiro atoms. The molecule has 0 aliphatic heterocycles. The van der Waals surface area contributed by atoms with Gasteiger partial charge in [-0.25, -0.2) is 0 Å². The molecule has 0 saturated heterocycles. The molecule has 0 aromatic heterocycles. The highest BCUT2D eigenvalue weighted by Crippen LogP contribution is 2.29. The van der Waals surface area contributed by atoms with Crippen LogP contribution in [0.5, 0.6) is 0 Å². The van der Waals surface area contributed by atoms with Crippen molar-refractivity contribution in [2.24, 2.45) is 0 Å². The van der Waals surface area contributed by atoms with E-state index in [0.717, 1.165) is 12.8 Å². The summed E-state index contributed by atoms with van der Waals surface area (Å²) in [7, 11) is 0. The number of carbonyl (C=O) groups excluding carboxylic acids is 2. The van der Waals surface area contributed by atoms with Gasteiger partial charge in [0, 0.05) is 11.3 Å². The molecule has 88 valence electrons. The summed E-state index contributed by atoms with van der Waals surface area (Å²) < 4.78 is 0.118. The highest BCUT2D eigenvalue weighted by Gasteiger charge is 2.25. The number of Topliss-reactive ketones (excluding diaryl/α,β-unsaturated/α-hetero) is 1. The number of thioether (sulfide) groups is 1. The normalized spacial score (nSPS) is 11.2. The lowest BCUT2D eigenvalue weighted by Gasteiger charge is -2.29. The third-order valence-corrected chi connectivity index (χ3v) is 4.33. The molecule has 4 heteroatoms. The first-order valence-electron chi connectivity index (χ1n) is 5.31. The Labute approximate surface area is 96.4 Å². The molecule has 0 unspecified atom stereocenters. The molecule has 0 rings (SSSR count). The minimum absolute atomic E-state index is 0.00209. The van der Waals surface area contributed by atoms with Crippen LogP contribution >= 0.6 is 11.8 Å². The average molecular weight is 231 g/mol. The van der Waals surface area contributed by atoms with Gasteiger partial charge in [-0.2, -0.15) is 11.8 Å². The number of hydrogen-bond donors (Lipinski definition) is 1. The highest BCUT2D eigenvalue weighted by molar-refractivity contribution is 8.00. The minimum atomic E-state index is -0.164. The quantitative estimate of drug-likeness (QED) is 0.682. The van der Waals surface area contributed by atoms with E-state index in [9.17, 15) is 9.59 Å². The van der Waals surface area contributed by atoms with Crippen LogP contribution in [-0.2, 0) is 9.59 Å². The van der Waals surface area contributed by atoms with Crippen LogP contribution < -0.4 is 5.32 Å². The number of amides is 1.